The van der Waals surface area contributed by atoms with Gasteiger partial charge in [0.2, 0.25) is 0 Å². The zero-order chi connectivity index (χ0) is 31.5. The number of rotatable bonds is 2. The topological polar surface area (TPSA) is 47.6 Å². The Hall–Kier alpha value is -6.48. The van der Waals surface area contributed by atoms with Crippen LogP contribution in [0.3, 0.4) is 0 Å². The lowest BCUT2D eigenvalue weighted by Crippen LogP contribution is -2.29. The largest absolute Gasteiger partial charge is 0.192 e. The molecule has 47 heavy (non-hydrogen) atoms. The normalized spacial score (nSPS) is 12.8. The van der Waals surface area contributed by atoms with Crippen molar-refractivity contribution in [3.8, 4) is 67.8 Å². The fourth-order valence-corrected chi connectivity index (χ4v) is 7.93. The van der Waals surface area contributed by atoms with Gasteiger partial charge in [-0.25, -0.2) is 0 Å². The van der Waals surface area contributed by atoms with Crippen LogP contribution in [0.5, 0.6) is 0 Å². The Morgan fingerprint density at radius 2 is 0.660 bits per heavy atom. The van der Waals surface area contributed by atoms with E-state index in [0.29, 0.717) is 11.1 Å². The van der Waals surface area contributed by atoms with Crippen molar-refractivity contribution in [3.63, 3.8) is 0 Å². The summed E-state index contributed by atoms with van der Waals surface area (Å²) in [6, 6.07) is 60.6. The number of hydrogen-bond acceptors (Lipinski definition) is 2. The Morgan fingerprint density at radius 3 is 1.06 bits per heavy atom. The molecular formula is C45H26N2. The second-order valence-electron chi connectivity index (χ2n) is 12.3. The van der Waals surface area contributed by atoms with Crippen LogP contribution < -0.4 is 0 Å². The minimum atomic E-state index is -0.609. The maximum Gasteiger partial charge on any atom is 0.0991 e. The van der Waals surface area contributed by atoms with Gasteiger partial charge < -0.3 is 0 Å². The molecule has 9 rings (SSSR count). The molecule has 0 fully saturated rings. The van der Waals surface area contributed by atoms with E-state index in [2.05, 4.69) is 121 Å². The van der Waals surface area contributed by atoms with Gasteiger partial charge in [0.15, 0.2) is 0 Å². The molecule has 7 aromatic rings. The van der Waals surface area contributed by atoms with Gasteiger partial charge in [-0.2, -0.15) is 10.5 Å². The van der Waals surface area contributed by atoms with Gasteiger partial charge in [-0.15, -0.1) is 0 Å². The lowest BCUT2D eigenvalue weighted by atomic mass is 9.65. The van der Waals surface area contributed by atoms with E-state index >= 15 is 0 Å². The third-order valence-electron chi connectivity index (χ3n) is 10.0. The predicted molar refractivity (Wildman–Crippen MR) is 188 cm³/mol. The van der Waals surface area contributed by atoms with E-state index in [0.717, 1.165) is 22.3 Å². The number of nitrogens with zero attached hydrogens (tertiary/aromatic N) is 2. The molecule has 0 aliphatic heterocycles. The molecule has 2 nitrogen and oxygen atoms in total. The molecule has 0 aromatic heterocycles. The van der Waals surface area contributed by atoms with Crippen molar-refractivity contribution in [2.24, 2.45) is 0 Å². The summed E-state index contributed by atoms with van der Waals surface area (Å²) in [6.45, 7) is 0. The second-order valence-corrected chi connectivity index (χ2v) is 12.3. The van der Waals surface area contributed by atoms with Crippen LogP contribution in [0.15, 0.2) is 158 Å². The average Bonchev–Trinajstić information content (AvgIpc) is 3.40. The smallest absolute Gasteiger partial charge is 0.0991 e. The van der Waals surface area contributed by atoms with Gasteiger partial charge in [0.05, 0.1) is 28.7 Å². The Morgan fingerprint density at radius 1 is 0.319 bits per heavy atom. The van der Waals surface area contributed by atoms with Gasteiger partial charge in [0.1, 0.15) is 0 Å². The van der Waals surface area contributed by atoms with Crippen LogP contribution in [0.2, 0.25) is 0 Å². The van der Waals surface area contributed by atoms with Crippen molar-refractivity contribution in [2.45, 2.75) is 5.41 Å². The van der Waals surface area contributed by atoms with E-state index in [1.165, 1.54) is 55.6 Å². The lowest BCUT2D eigenvalue weighted by molar-refractivity contribution is 0.776. The van der Waals surface area contributed by atoms with Crippen molar-refractivity contribution in [1.29, 1.82) is 10.5 Å². The van der Waals surface area contributed by atoms with Gasteiger partial charge in [0.25, 0.3) is 0 Å². The number of nitriles is 2. The standard InChI is InChI=1S/C45H26N2/c46-27-29-13-17-31(18-14-29)33-21-23-39-35-7-1-2-8-36(35)40-24-22-34(32-19-15-30(28-47)16-20-32)26-44(40)45(43(39)25-33)41-11-5-3-9-37(41)38-10-4-6-12-42(38)45/h1-26H. The van der Waals surface area contributed by atoms with Gasteiger partial charge in [0, 0.05) is 0 Å². The summed E-state index contributed by atoms with van der Waals surface area (Å²) in [5.41, 5.74) is 17.4. The van der Waals surface area contributed by atoms with E-state index in [1.54, 1.807) is 0 Å². The molecule has 0 amide bonds. The first kappa shape index (κ1) is 26.9. The third kappa shape index (κ3) is 3.83. The summed E-state index contributed by atoms with van der Waals surface area (Å²) >= 11 is 0. The molecule has 1 spiro atoms. The Kier molecular flexibility index (Phi) is 5.88. The molecule has 0 atom stereocenters. The van der Waals surface area contributed by atoms with E-state index in [-0.39, 0.29) is 0 Å². The molecule has 2 heteroatoms. The Balaban J connectivity index is 1.44. The van der Waals surface area contributed by atoms with Gasteiger partial charge >= 0.3 is 0 Å². The number of fused-ring (bicyclic) bond motifs is 12. The minimum absolute atomic E-state index is 0.609. The maximum absolute atomic E-state index is 9.47. The van der Waals surface area contributed by atoms with Crippen LogP contribution in [-0.2, 0) is 5.41 Å². The highest BCUT2D eigenvalue weighted by Crippen LogP contribution is 2.62. The molecule has 0 saturated heterocycles. The van der Waals surface area contributed by atoms with E-state index in [1.807, 2.05) is 48.5 Å². The van der Waals surface area contributed by atoms with Crippen LogP contribution in [0.25, 0.3) is 55.6 Å². The van der Waals surface area contributed by atoms with Gasteiger partial charge in [-0.05, 0) is 114 Å². The first-order valence-electron chi connectivity index (χ1n) is 15.8. The fraction of sp³-hybridized carbons (Fsp3) is 0.0222. The van der Waals surface area contributed by atoms with Crippen molar-refractivity contribution in [1.82, 2.24) is 0 Å². The van der Waals surface area contributed by atoms with Gasteiger partial charge in [-0.1, -0.05) is 121 Å². The van der Waals surface area contributed by atoms with Crippen LogP contribution >= 0.6 is 0 Å². The van der Waals surface area contributed by atoms with Crippen LogP contribution in [0.1, 0.15) is 33.4 Å². The molecule has 0 N–H and O–H groups in total. The number of hydrogen-bond donors (Lipinski definition) is 0. The Bertz CT molecular complexity index is 2290. The van der Waals surface area contributed by atoms with Crippen LogP contribution in [-0.4, -0.2) is 0 Å². The predicted octanol–water partition coefficient (Wildman–Crippen LogP) is 10.8. The van der Waals surface area contributed by atoms with Gasteiger partial charge in [-0.3, -0.25) is 0 Å². The maximum atomic E-state index is 9.47. The molecule has 7 aromatic carbocycles. The molecule has 2 aliphatic rings. The van der Waals surface area contributed by atoms with Crippen molar-refractivity contribution in [2.75, 3.05) is 0 Å². The SMILES string of the molecule is N#Cc1ccc(-c2ccc3c(c2)C2(c4cc(-c5ccc(C#N)cc5)ccc4-c4ccccc4-3)c3ccccc3-c3ccccc32)cc1. The average molecular weight is 595 g/mol. The Labute approximate surface area is 274 Å². The first-order valence-corrected chi connectivity index (χ1v) is 15.8. The summed E-state index contributed by atoms with van der Waals surface area (Å²) in [5, 5.41) is 18.9. The monoisotopic (exact) mass is 594 g/mol. The summed E-state index contributed by atoms with van der Waals surface area (Å²) in [4.78, 5) is 0. The van der Waals surface area contributed by atoms with E-state index in [4.69, 9.17) is 0 Å². The molecule has 0 bridgehead atoms. The summed E-state index contributed by atoms with van der Waals surface area (Å²) < 4.78 is 0. The highest BCUT2D eigenvalue weighted by molar-refractivity contribution is 5.98. The molecule has 0 unspecified atom stereocenters. The molecule has 0 radical (unpaired) electrons. The number of benzene rings is 7. The molecule has 2 aliphatic carbocycles. The molecule has 0 saturated carbocycles. The zero-order valence-electron chi connectivity index (χ0n) is 25.4. The van der Waals surface area contributed by atoms with Crippen molar-refractivity contribution >= 4 is 0 Å². The highest BCUT2D eigenvalue weighted by atomic mass is 14.5. The summed E-state index contributed by atoms with van der Waals surface area (Å²) in [6.07, 6.45) is 0. The lowest BCUT2D eigenvalue weighted by Gasteiger charge is -2.36. The molecule has 0 heterocycles. The fourth-order valence-electron chi connectivity index (χ4n) is 7.93. The highest BCUT2D eigenvalue weighted by Gasteiger charge is 2.49. The minimum Gasteiger partial charge on any atom is -0.192 e. The zero-order valence-corrected chi connectivity index (χ0v) is 25.4. The van der Waals surface area contributed by atoms with E-state index < -0.39 is 5.41 Å². The molecular weight excluding hydrogens is 569 g/mol. The third-order valence-corrected chi connectivity index (χ3v) is 10.0. The summed E-state index contributed by atoms with van der Waals surface area (Å²) in [7, 11) is 0. The van der Waals surface area contributed by atoms with E-state index in [9.17, 15) is 10.5 Å². The van der Waals surface area contributed by atoms with Crippen LogP contribution in [0, 0.1) is 22.7 Å². The summed E-state index contributed by atoms with van der Waals surface area (Å²) in [5.74, 6) is 0. The van der Waals surface area contributed by atoms with Crippen LogP contribution in [0.4, 0.5) is 0 Å². The van der Waals surface area contributed by atoms with Crippen molar-refractivity contribution < 1.29 is 0 Å². The van der Waals surface area contributed by atoms with Crippen molar-refractivity contribution in [3.05, 3.63) is 191 Å². The quantitative estimate of drug-likeness (QED) is 0.200. The molecule has 216 valence electrons. The first-order chi connectivity index (χ1) is 23.2. The second kappa shape index (κ2) is 10.3.